The van der Waals surface area contributed by atoms with Crippen molar-refractivity contribution < 1.29 is 9.53 Å². The number of nitrogen functional groups attached to an aromatic ring is 1. The van der Waals surface area contributed by atoms with Gasteiger partial charge in [0, 0.05) is 13.0 Å². The summed E-state index contributed by atoms with van der Waals surface area (Å²) in [5.41, 5.74) is 8.81. The van der Waals surface area contributed by atoms with Crippen molar-refractivity contribution >= 4 is 11.6 Å². The maximum atomic E-state index is 11.8. The Labute approximate surface area is 144 Å². The Hall–Kier alpha value is -2.49. The lowest BCUT2D eigenvalue weighted by molar-refractivity contribution is -0.121. The first kappa shape index (κ1) is 17.9. The van der Waals surface area contributed by atoms with E-state index in [9.17, 15) is 4.79 Å². The quantitative estimate of drug-likeness (QED) is 0.729. The zero-order valence-corrected chi connectivity index (χ0v) is 14.4. The van der Waals surface area contributed by atoms with E-state index >= 15 is 0 Å². The molecule has 24 heavy (non-hydrogen) atoms. The number of hydrogen-bond acceptors (Lipinski definition) is 3. The molecular formula is C20H26N2O2. The van der Waals surface area contributed by atoms with Gasteiger partial charge in [-0.1, -0.05) is 50.2 Å². The number of nitrogens with two attached hydrogens (primary N) is 1. The Balaban J connectivity index is 1.84. The van der Waals surface area contributed by atoms with E-state index < -0.39 is 0 Å². The maximum absolute atomic E-state index is 11.8. The summed E-state index contributed by atoms with van der Waals surface area (Å²) in [5.74, 6) is 1.21. The van der Waals surface area contributed by atoms with Crippen LogP contribution in [0.3, 0.4) is 0 Å². The number of carbonyl (C=O) groups excluding carboxylic acids is 1. The van der Waals surface area contributed by atoms with Crippen molar-refractivity contribution in [1.82, 2.24) is 5.32 Å². The van der Waals surface area contributed by atoms with Crippen LogP contribution in [0.15, 0.2) is 48.5 Å². The van der Waals surface area contributed by atoms with Crippen molar-refractivity contribution in [3.63, 3.8) is 0 Å². The first-order valence-corrected chi connectivity index (χ1v) is 8.36. The molecule has 128 valence electrons. The van der Waals surface area contributed by atoms with Gasteiger partial charge in [0.2, 0.25) is 5.91 Å². The number of amides is 1. The van der Waals surface area contributed by atoms with Crippen LogP contribution in [-0.2, 0) is 17.8 Å². The predicted molar refractivity (Wildman–Crippen MR) is 97.8 cm³/mol. The molecule has 0 aliphatic heterocycles. The highest BCUT2D eigenvalue weighted by atomic mass is 16.5. The number of ether oxygens (including phenoxy) is 1. The summed E-state index contributed by atoms with van der Waals surface area (Å²) in [6.07, 6.45) is 1.14. The summed E-state index contributed by atoms with van der Waals surface area (Å²) < 4.78 is 5.76. The zero-order valence-electron chi connectivity index (χ0n) is 14.4. The summed E-state index contributed by atoms with van der Waals surface area (Å²) in [5, 5.41) is 2.92. The van der Waals surface area contributed by atoms with Crippen LogP contribution in [0.5, 0.6) is 5.75 Å². The molecule has 0 aliphatic carbocycles. The number of hydrogen-bond donors (Lipinski definition) is 2. The number of rotatable bonds is 8. The van der Waals surface area contributed by atoms with Gasteiger partial charge >= 0.3 is 0 Å². The number of nitrogens with one attached hydrogen (secondary N) is 1. The van der Waals surface area contributed by atoms with E-state index in [0.29, 0.717) is 43.3 Å². The van der Waals surface area contributed by atoms with Gasteiger partial charge in [-0.15, -0.1) is 0 Å². The molecule has 0 unspecified atom stereocenters. The summed E-state index contributed by atoms with van der Waals surface area (Å²) in [7, 11) is 0. The molecule has 0 radical (unpaired) electrons. The van der Waals surface area contributed by atoms with Gasteiger partial charge in [-0.2, -0.15) is 0 Å². The molecule has 2 aromatic rings. The Bertz CT molecular complexity index is 654. The molecule has 3 N–H and O–H groups in total. The Morgan fingerprint density at radius 2 is 1.88 bits per heavy atom. The summed E-state index contributed by atoms with van der Waals surface area (Å²) in [4.78, 5) is 11.8. The summed E-state index contributed by atoms with van der Waals surface area (Å²) in [6.45, 7) is 5.36. The first-order chi connectivity index (χ1) is 11.5. The van der Waals surface area contributed by atoms with Gasteiger partial charge < -0.3 is 15.8 Å². The molecule has 1 amide bonds. The maximum Gasteiger partial charge on any atom is 0.220 e. The van der Waals surface area contributed by atoms with E-state index in [1.165, 1.54) is 0 Å². The molecule has 4 heteroatoms. The van der Waals surface area contributed by atoms with Crippen LogP contribution in [0, 0.1) is 5.92 Å². The van der Waals surface area contributed by atoms with E-state index in [4.69, 9.17) is 10.5 Å². The third-order valence-corrected chi connectivity index (χ3v) is 3.66. The van der Waals surface area contributed by atoms with Crippen LogP contribution < -0.4 is 15.8 Å². The summed E-state index contributed by atoms with van der Waals surface area (Å²) in [6, 6.07) is 15.7. The lowest BCUT2D eigenvalue weighted by Crippen LogP contribution is -2.27. The normalized spacial score (nSPS) is 10.6. The van der Waals surface area contributed by atoms with E-state index in [1.54, 1.807) is 0 Å². The van der Waals surface area contributed by atoms with Crippen molar-refractivity contribution in [2.75, 3.05) is 12.3 Å². The predicted octanol–water partition coefficient (Wildman–Crippen LogP) is 3.55. The molecular weight excluding hydrogens is 300 g/mol. The molecule has 2 rings (SSSR count). The highest BCUT2D eigenvalue weighted by molar-refractivity contribution is 5.76. The van der Waals surface area contributed by atoms with Crippen LogP contribution in [0.4, 0.5) is 5.69 Å². The molecule has 0 heterocycles. The van der Waals surface area contributed by atoms with Gasteiger partial charge in [-0.3, -0.25) is 4.79 Å². The lowest BCUT2D eigenvalue weighted by Gasteiger charge is -2.11. The molecule has 0 fully saturated rings. The minimum absolute atomic E-state index is 0.0756. The average Bonchev–Trinajstić information content (AvgIpc) is 2.58. The molecule has 0 spiro atoms. The van der Waals surface area contributed by atoms with Crippen molar-refractivity contribution in [2.45, 2.75) is 33.3 Å². The minimum atomic E-state index is 0.0756. The molecule has 0 atom stereocenters. The first-order valence-electron chi connectivity index (χ1n) is 8.36. The summed E-state index contributed by atoms with van der Waals surface area (Å²) >= 11 is 0. The minimum Gasteiger partial charge on any atom is -0.487 e. The topological polar surface area (TPSA) is 64.3 Å². The van der Waals surface area contributed by atoms with E-state index in [0.717, 1.165) is 11.1 Å². The zero-order chi connectivity index (χ0) is 17.4. The standard InChI is InChI=1S/C20H26N2O2/c1-15(2)13-22-20(23)11-9-16-8-10-19(18(21)12-16)24-14-17-6-4-3-5-7-17/h3-8,10,12,15H,9,11,13-14,21H2,1-2H3,(H,22,23). The van der Waals surface area contributed by atoms with Crippen LogP contribution in [0.2, 0.25) is 0 Å². The van der Waals surface area contributed by atoms with Crippen LogP contribution in [0.25, 0.3) is 0 Å². The second kappa shape index (κ2) is 8.96. The smallest absolute Gasteiger partial charge is 0.220 e. The average molecular weight is 326 g/mol. The SMILES string of the molecule is CC(C)CNC(=O)CCc1ccc(OCc2ccccc2)c(N)c1. The van der Waals surface area contributed by atoms with Gasteiger partial charge in [0.25, 0.3) is 0 Å². The number of anilines is 1. The number of carbonyl (C=O) groups is 1. The molecule has 0 saturated heterocycles. The van der Waals surface area contributed by atoms with E-state index in [1.807, 2.05) is 48.5 Å². The molecule has 0 aliphatic rings. The fourth-order valence-corrected chi connectivity index (χ4v) is 2.28. The van der Waals surface area contributed by atoms with Crippen molar-refractivity contribution in [3.8, 4) is 5.75 Å². The number of aryl methyl sites for hydroxylation is 1. The van der Waals surface area contributed by atoms with Crippen molar-refractivity contribution in [3.05, 3.63) is 59.7 Å². The van der Waals surface area contributed by atoms with Gasteiger partial charge in [0.05, 0.1) is 5.69 Å². The van der Waals surface area contributed by atoms with Gasteiger partial charge in [-0.25, -0.2) is 0 Å². The van der Waals surface area contributed by atoms with Gasteiger partial charge in [-0.05, 0) is 35.6 Å². The third-order valence-electron chi connectivity index (χ3n) is 3.66. The van der Waals surface area contributed by atoms with Crippen LogP contribution in [0.1, 0.15) is 31.4 Å². The largest absolute Gasteiger partial charge is 0.487 e. The van der Waals surface area contributed by atoms with Crippen LogP contribution in [-0.4, -0.2) is 12.5 Å². The Morgan fingerprint density at radius 1 is 1.12 bits per heavy atom. The highest BCUT2D eigenvalue weighted by Crippen LogP contribution is 2.24. The van der Waals surface area contributed by atoms with Gasteiger partial charge in [0.1, 0.15) is 12.4 Å². The Morgan fingerprint density at radius 3 is 2.54 bits per heavy atom. The monoisotopic (exact) mass is 326 g/mol. The van der Waals surface area contributed by atoms with Crippen molar-refractivity contribution in [1.29, 1.82) is 0 Å². The molecule has 0 saturated carbocycles. The molecule has 2 aromatic carbocycles. The number of benzene rings is 2. The van der Waals surface area contributed by atoms with Crippen molar-refractivity contribution in [2.24, 2.45) is 5.92 Å². The highest BCUT2D eigenvalue weighted by Gasteiger charge is 2.06. The molecule has 4 nitrogen and oxygen atoms in total. The van der Waals surface area contributed by atoms with E-state index in [-0.39, 0.29) is 5.91 Å². The van der Waals surface area contributed by atoms with Crippen LogP contribution >= 0.6 is 0 Å². The van der Waals surface area contributed by atoms with Gasteiger partial charge in [0.15, 0.2) is 0 Å². The Kier molecular flexibility index (Phi) is 6.67. The lowest BCUT2D eigenvalue weighted by atomic mass is 10.1. The second-order valence-electron chi connectivity index (χ2n) is 6.34. The molecule has 0 bridgehead atoms. The second-order valence-corrected chi connectivity index (χ2v) is 6.34. The van der Waals surface area contributed by atoms with E-state index in [2.05, 4.69) is 19.2 Å². The molecule has 0 aromatic heterocycles. The fourth-order valence-electron chi connectivity index (χ4n) is 2.28. The fraction of sp³-hybridized carbons (Fsp3) is 0.350. The third kappa shape index (κ3) is 5.95.